The summed E-state index contributed by atoms with van der Waals surface area (Å²) >= 11 is 6.65. The van der Waals surface area contributed by atoms with Crippen LogP contribution in [0.1, 0.15) is 12.5 Å². The van der Waals surface area contributed by atoms with Crippen LogP contribution in [0, 0.1) is 12.7 Å². The molecule has 0 unspecified atom stereocenters. The van der Waals surface area contributed by atoms with Gasteiger partial charge >= 0.3 is 0 Å². The topological polar surface area (TPSA) is 12.0 Å². The second-order valence-electron chi connectivity index (χ2n) is 2.68. The second-order valence-corrected chi connectivity index (χ2v) is 4.33. The average Bonchev–Trinajstić information content (AvgIpc) is 2.09. The van der Waals surface area contributed by atoms with E-state index in [4.69, 9.17) is 0 Å². The van der Waals surface area contributed by atoms with Gasteiger partial charge in [-0.25, -0.2) is 4.39 Å². The van der Waals surface area contributed by atoms with E-state index in [1.165, 1.54) is 6.07 Å². The van der Waals surface area contributed by atoms with Gasteiger partial charge in [0.2, 0.25) is 0 Å². The quantitative estimate of drug-likeness (QED) is 0.867. The van der Waals surface area contributed by atoms with Crippen molar-refractivity contribution in [3.8, 4) is 0 Å². The molecule has 0 amide bonds. The van der Waals surface area contributed by atoms with Gasteiger partial charge in [0.15, 0.2) is 0 Å². The van der Waals surface area contributed by atoms with Crippen LogP contribution < -0.4 is 5.32 Å². The zero-order valence-corrected chi connectivity index (χ0v) is 10.6. The van der Waals surface area contributed by atoms with Crippen LogP contribution in [-0.4, -0.2) is 6.54 Å². The molecule has 1 aromatic carbocycles. The van der Waals surface area contributed by atoms with Gasteiger partial charge in [-0.3, -0.25) is 0 Å². The van der Waals surface area contributed by atoms with Crippen molar-refractivity contribution in [1.29, 1.82) is 0 Å². The van der Waals surface area contributed by atoms with E-state index in [2.05, 4.69) is 37.2 Å². The van der Waals surface area contributed by atoms with Gasteiger partial charge in [0.25, 0.3) is 0 Å². The summed E-state index contributed by atoms with van der Waals surface area (Å²) in [5.74, 6) is -0.208. The minimum atomic E-state index is -0.208. The molecule has 1 rings (SSSR count). The number of hydrogen-bond acceptors (Lipinski definition) is 1. The van der Waals surface area contributed by atoms with Crippen LogP contribution in [0.2, 0.25) is 0 Å². The summed E-state index contributed by atoms with van der Waals surface area (Å²) in [6.07, 6.45) is 0. The van der Waals surface area contributed by atoms with Crippen molar-refractivity contribution in [3.63, 3.8) is 0 Å². The number of rotatable bonds is 2. The van der Waals surface area contributed by atoms with E-state index in [1.807, 2.05) is 6.92 Å². The highest BCUT2D eigenvalue weighted by Gasteiger charge is 2.11. The third-order valence-electron chi connectivity index (χ3n) is 1.75. The number of benzene rings is 1. The van der Waals surface area contributed by atoms with E-state index >= 15 is 0 Å². The number of anilines is 1. The van der Waals surface area contributed by atoms with E-state index in [9.17, 15) is 4.39 Å². The van der Waals surface area contributed by atoms with Crippen LogP contribution in [0.4, 0.5) is 10.1 Å². The van der Waals surface area contributed by atoms with Crippen LogP contribution in [0.5, 0.6) is 0 Å². The van der Waals surface area contributed by atoms with Crippen LogP contribution in [0.15, 0.2) is 15.0 Å². The van der Waals surface area contributed by atoms with E-state index < -0.39 is 0 Å². The lowest BCUT2D eigenvalue weighted by molar-refractivity contribution is 0.616. The predicted molar refractivity (Wildman–Crippen MR) is 60.7 cm³/mol. The largest absolute Gasteiger partial charge is 0.383 e. The Labute approximate surface area is 94.0 Å². The predicted octanol–water partition coefficient (Wildman–Crippen LogP) is 4.09. The van der Waals surface area contributed by atoms with Crippen molar-refractivity contribution in [2.45, 2.75) is 13.8 Å². The maximum absolute atomic E-state index is 13.2. The van der Waals surface area contributed by atoms with Gasteiger partial charge in [-0.1, -0.05) is 0 Å². The molecule has 0 atom stereocenters. The molecule has 0 bridgehead atoms. The Kier molecular flexibility index (Phi) is 3.74. The average molecular weight is 311 g/mol. The summed E-state index contributed by atoms with van der Waals surface area (Å²) in [6.45, 7) is 4.55. The first-order valence-electron chi connectivity index (χ1n) is 3.95. The molecule has 0 fully saturated rings. The van der Waals surface area contributed by atoms with Gasteiger partial charge in [0, 0.05) is 21.1 Å². The third kappa shape index (κ3) is 2.23. The van der Waals surface area contributed by atoms with E-state index in [-0.39, 0.29) is 5.82 Å². The molecule has 0 aromatic heterocycles. The molecule has 13 heavy (non-hydrogen) atoms. The Morgan fingerprint density at radius 3 is 2.62 bits per heavy atom. The Morgan fingerprint density at radius 2 is 2.08 bits per heavy atom. The highest BCUT2D eigenvalue weighted by atomic mass is 79.9. The smallest absolute Gasteiger partial charge is 0.128 e. The SMILES string of the molecule is CCNc1c(Br)cc(F)c(C)c1Br. The number of nitrogens with one attached hydrogen (secondary N) is 1. The Hall–Kier alpha value is -0.0900. The first-order chi connectivity index (χ1) is 6.07. The maximum atomic E-state index is 13.2. The summed E-state index contributed by atoms with van der Waals surface area (Å²) in [5, 5.41) is 3.15. The maximum Gasteiger partial charge on any atom is 0.128 e. The van der Waals surface area contributed by atoms with E-state index in [1.54, 1.807) is 6.92 Å². The minimum absolute atomic E-state index is 0.208. The van der Waals surface area contributed by atoms with Crippen molar-refractivity contribution < 1.29 is 4.39 Å². The summed E-state index contributed by atoms with van der Waals surface area (Å²) in [7, 11) is 0. The molecule has 1 aromatic rings. The highest BCUT2D eigenvalue weighted by Crippen LogP contribution is 2.34. The lowest BCUT2D eigenvalue weighted by atomic mass is 10.2. The van der Waals surface area contributed by atoms with E-state index in [0.29, 0.717) is 5.56 Å². The molecule has 0 aliphatic rings. The number of hydrogen-bond donors (Lipinski definition) is 1. The normalized spacial score (nSPS) is 10.2. The van der Waals surface area contributed by atoms with Crippen LogP contribution in [0.3, 0.4) is 0 Å². The molecule has 1 nitrogen and oxygen atoms in total. The fourth-order valence-corrected chi connectivity index (χ4v) is 2.38. The Bertz CT molecular complexity index is 326. The third-order valence-corrected chi connectivity index (χ3v) is 3.37. The molecule has 0 saturated carbocycles. The Morgan fingerprint density at radius 1 is 1.46 bits per heavy atom. The van der Waals surface area contributed by atoms with Crippen LogP contribution in [0.25, 0.3) is 0 Å². The van der Waals surface area contributed by atoms with Crippen LogP contribution in [-0.2, 0) is 0 Å². The standard InChI is InChI=1S/C9H10Br2FN/c1-3-13-9-6(10)4-7(12)5(2)8(9)11/h4,13H,3H2,1-2H3. The monoisotopic (exact) mass is 309 g/mol. The van der Waals surface area contributed by atoms with Gasteiger partial charge in [0.05, 0.1) is 5.69 Å². The molecule has 0 aliphatic carbocycles. The zero-order valence-electron chi connectivity index (χ0n) is 7.42. The summed E-state index contributed by atoms with van der Waals surface area (Å²) in [4.78, 5) is 0. The lowest BCUT2D eigenvalue weighted by Gasteiger charge is -2.11. The van der Waals surface area contributed by atoms with Crippen molar-refractivity contribution >= 4 is 37.5 Å². The van der Waals surface area contributed by atoms with Crippen molar-refractivity contribution in [2.24, 2.45) is 0 Å². The van der Waals surface area contributed by atoms with Gasteiger partial charge in [-0.05, 0) is 51.8 Å². The molecule has 72 valence electrons. The fourth-order valence-electron chi connectivity index (χ4n) is 1.03. The van der Waals surface area contributed by atoms with Gasteiger partial charge in [0.1, 0.15) is 5.82 Å². The molecule has 1 N–H and O–H groups in total. The molecule has 0 spiro atoms. The first-order valence-corrected chi connectivity index (χ1v) is 5.54. The van der Waals surface area contributed by atoms with Crippen molar-refractivity contribution in [2.75, 3.05) is 11.9 Å². The second kappa shape index (κ2) is 4.42. The first kappa shape index (κ1) is 11.0. The molecule has 0 aliphatic heterocycles. The summed E-state index contributed by atoms with van der Waals surface area (Å²) < 4.78 is 14.7. The zero-order chi connectivity index (χ0) is 10.0. The molecular formula is C9H10Br2FN. The van der Waals surface area contributed by atoms with Gasteiger partial charge in [-0.15, -0.1) is 0 Å². The summed E-state index contributed by atoms with van der Waals surface area (Å²) in [5.41, 5.74) is 1.53. The molecule has 0 radical (unpaired) electrons. The number of halogens is 3. The Balaban J connectivity index is 3.26. The minimum Gasteiger partial charge on any atom is -0.383 e. The highest BCUT2D eigenvalue weighted by molar-refractivity contribution is 9.11. The molecule has 0 saturated heterocycles. The van der Waals surface area contributed by atoms with Gasteiger partial charge in [-0.2, -0.15) is 0 Å². The molecule has 0 heterocycles. The molecule has 4 heteroatoms. The summed E-state index contributed by atoms with van der Waals surface area (Å²) in [6, 6.07) is 1.47. The lowest BCUT2D eigenvalue weighted by Crippen LogP contribution is -2.00. The van der Waals surface area contributed by atoms with E-state index in [0.717, 1.165) is 21.2 Å². The van der Waals surface area contributed by atoms with Gasteiger partial charge < -0.3 is 5.32 Å². The van der Waals surface area contributed by atoms with Crippen LogP contribution >= 0.6 is 31.9 Å². The fraction of sp³-hybridized carbons (Fsp3) is 0.333. The van der Waals surface area contributed by atoms with Crippen molar-refractivity contribution in [1.82, 2.24) is 0 Å². The molecular weight excluding hydrogens is 301 g/mol. The van der Waals surface area contributed by atoms with Crippen molar-refractivity contribution in [3.05, 3.63) is 26.4 Å².